The number of hydrogen-bond acceptors (Lipinski definition) is 4. The predicted molar refractivity (Wildman–Crippen MR) is 102 cm³/mol. The minimum Gasteiger partial charge on any atom is -0.494 e. The summed E-state index contributed by atoms with van der Waals surface area (Å²) >= 11 is 0. The number of carbonyl (C=O) groups is 1. The van der Waals surface area contributed by atoms with Gasteiger partial charge in [0.25, 0.3) is 0 Å². The third-order valence-corrected chi connectivity index (χ3v) is 5.93. The summed E-state index contributed by atoms with van der Waals surface area (Å²) in [5.74, 6) is -0.612. The molecular formula is C19H23FN2O4S. The number of carbonyl (C=O) groups excluding carboxylic acids is 1. The lowest BCUT2D eigenvalue weighted by atomic mass is 10.1. The van der Waals surface area contributed by atoms with Gasteiger partial charge in [-0.15, -0.1) is 0 Å². The van der Waals surface area contributed by atoms with E-state index in [4.69, 9.17) is 4.74 Å². The van der Waals surface area contributed by atoms with Gasteiger partial charge in [0.15, 0.2) is 11.6 Å². The van der Waals surface area contributed by atoms with Gasteiger partial charge in [-0.1, -0.05) is 12.1 Å². The fourth-order valence-corrected chi connectivity index (χ4v) is 3.37. The van der Waals surface area contributed by atoms with Crippen molar-refractivity contribution in [2.24, 2.45) is 0 Å². The molecule has 27 heavy (non-hydrogen) atoms. The second-order valence-corrected chi connectivity index (χ2v) is 8.43. The van der Waals surface area contributed by atoms with Crippen molar-refractivity contribution in [1.82, 2.24) is 4.31 Å². The van der Waals surface area contributed by atoms with Gasteiger partial charge in [0.2, 0.25) is 15.9 Å². The van der Waals surface area contributed by atoms with Crippen LogP contribution in [0.3, 0.4) is 0 Å². The summed E-state index contributed by atoms with van der Waals surface area (Å²) in [6.45, 7) is 1.78. The van der Waals surface area contributed by atoms with E-state index in [0.29, 0.717) is 17.7 Å². The molecule has 0 fully saturated rings. The zero-order chi connectivity index (χ0) is 20.2. The average Bonchev–Trinajstić information content (AvgIpc) is 2.61. The van der Waals surface area contributed by atoms with Gasteiger partial charge in [-0.2, -0.15) is 0 Å². The highest BCUT2D eigenvalue weighted by Gasteiger charge is 2.18. The largest absolute Gasteiger partial charge is 0.494 e. The molecule has 0 aromatic heterocycles. The number of nitrogens with one attached hydrogen (secondary N) is 1. The molecule has 0 aliphatic heterocycles. The first-order valence-electron chi connectivity index (χ1n) is 8.30. The predicted octanol–water partition coefficient (Wildman–Crippen LogP) is 2.96. The van der Waals surface area contributed by atoms with Crippen molar-refractivity contribution in [3.8, 4) is 5.75 Å². The molecule has 2 aromatic carbocycles. The van der Waals surface area contributed by atoms with Crippen molar-refractivity contribution < 1.29 is 22.3 Å². The molecule has 0 atom stereocenters. The first-order valence-corrected chi connectivity index (χ1v) is 9.74. The molecule has 0 saturated carbocycles. The monoisotopic (exact) mass is 394 g/mol. The summed E-state index contributed by atoms with van der Waals surface area (Å²) in [5.41, 5.74) is 1.85. The van der Waals surface area contributed by atoms with E-state index in [1.165, 1.54) is 45.5 Å². The first kappa shape index (κ1) is 20.9. The number of sulfonamides is 1. The first-order chi connectivity index (χ1) is 12.6. The Morgan fingerprint density at radius 2 is 1.89 bits per heavy atom. The van der Waals surface area contributed by atoms with Crippen molar-refractivity contribution in [2.45, 2.75) is 24.7 Å². The third kappa shape index (κ3) is 5.05. The van der Waals surface area contributed by atoms with Crippen LogP contribution in [0.25, 0.3) is 0 Å². The van der Waals surface area contributed by atoms with E-state index in [1.807, 2.05) is 0 Å². The Morgan fingerprint density at radius 1 is 1.19 bits per heavy atom. The van der Waals surface area contributed by atoms with Crippen LogP contribution in [0.2, 0.25) is 0 Å². The van der Waals surface area contributed by atoms with Gasteiger partial charge < -0.3 is 10.1 Å². The van der Waals surface area contributed by atoms with Crippen LogP contribution in [-0.2, 0) is 21.2 Å². The molecular weight excluding hydrogens is 371 g/mol. The molecule has 2 aromatic rings. The number of ether oxygens (including phenoxy) is 1. The molecule has 1 N–H and O–H groups in total. The highest BCUT2D eigenvalue weighted by Crippen LogP contribution is 2.23. The van der Waals surface area contributed by atoms with Crippen molar-refractivity contribution in [1.29, 1.82) is 0 Å². The molecule has 146 valence electrons. The number of aryl methyl sites for hydroxylation is 2. The number of benzene rings is 2. The average molecular weight is 394 g/mol. The number of halogens is 1. The van der Waals surface area contributed by atoms with E-state index in [2.05, 4.69) is 5.32 Å². The molecule has 6 nitrogen and oxygen atoms in total. The maximum absolute atomic E-state index is 13.7. The van der Waals surface area contributed by atoms with Gasteiger partial charge >= 0.3 is 0 Å². The number of nitrogens with zero attached hydrogens (tertiary/aromatic N) is 1. The zero-order valence-electron chi connectivity index (χ0n) is 15.7. The Kier molecular flexibility index (Phi) is 6.56. The minimum atomic E-state index is -3.59. The molecule has 0 aliphatic rings. The second kappa shape index (κ2) is 8.49. The Morgan fingerprint density at radius 3 is 2.48 bits per heavy atom. The Bertz CT molecular complexity index is 943. The Labute approximate surface area is 159 Å². The molecule has 0 bridgehead atoms. The topological polar surface area (TPSA) is 75.7 Å². The zero-order valence-corrected chi connectivity index (χ0v) is 16.6. The van der Waals surface area contributed by atoms with Crippen molar-refractivity contribution in [3.05, 3.63) is 53.3 Å². The molecule has 0 unspecified atom stereocenters. The van der Waals surface area contributed by atoms with Crippen molar-refractivity contribution in [3.63, 3.8) is 0 Å². The number of rotatable bonds is 7. The Hall–Kier alpha value is -2.45. The lowest BCUT2D eigenvalue weighted by Gasteiger charge is -2.14. The molecule has 2 rings (SSSR count). The van der Waals surface area contributed by atoms with Gasteiger partial charge in [-0.25, -0.2) is 17.1 Å². The normalized spacial score (nSPS) is 11.5. The summed E-state index contributed by atoms with van der Waals surface area (Å²) in [6, 6.07) is 9.13. The highest BCUT2D eigenvalue weighted by atomic mass is 32.2. The molecule has 1 amide bonds. The fraction of sp³-hybridized carbons (Fsp3) is 0.316. The van der Waals surface area contributed by atoms with E-state index in [1.54, 1.807) is 19.1 Å². The lowest BCUT2D eigenvalue weighted by Crippen LogP contribution is -2.22. The van der Waals surface area contributed by atoms with Crippen LogP contribution in [0.4, 0.5) is 10.1 Å². The summed E-state index contributed by atoms with van der Waals surface area (Å²) in [6.07, 6.45) is 0.483. The quantitative estimate of drug-likeness (QED) is 0.783. The Balaban J connectivity index is 2.08. The maximum Gasteiger partial charge on any atom is 0.242 e. The standard InChI is InChI=1S/C19H23FN2O4S/c1-13-5-8-15(27(24,25)22(2)3)12-17(13)21-19(23)10-7-14-6-9-18(26-4)16(20)11-14/h5-6,8-9,11-12H,7,10H2,1-4H3,(H,21,23). The van der Waals surface area contributed by atoms with Crippen LogP contribution in [0.5, 0.6) is 5.75 Å². The SMILES string of the molecule is COc1ccc(CCC(=O)Nc2cc(S(=O)(=O)N(C)C)ccc2C)cc1F. The molecule has 0 saturated heterocycles. The van der Waals surface area contributed by atoms with E-state index >= 15 is 0 Å². The number of amides is 1. The third-order valence-electron chi connectivity index (χ3n) is 4.12. The van der Waals surface area contributed by atoms with Gasteiger partial charge in [-0.05, 0) is 48.7 Å². The van der Waals surface area contributed by atoms with E-state index < -0.39 is 15.8 Å². The van der Waals surface area contributed by atoms with Crippen LogP contribution < -0.4 is 10.1 Å². The van der Waals surface area contributed by atoms with Crippen LogP contribution in [-0.4, -0.2) is 39.8 Å². The van der Waals surface area contributed by atoms with Gasteiger partial charge in [-0.3, -0.25) is 4.79 Å². The van der Waals surface area contributed by atoms with Crippen molar-refractivity contribution >= 4 is 21.6 Å². The van der Waals surface area contributed by atoms with Crippen LogP contribution in [0, 0.1) is 12.7 Å². The summed E-state index contributed by atoms with van der Waals surface area (Å²) in [4.78, 5) is 12.4. The smallest absolute Gasteiger partial charge is 0.242 e. The van der Waals surface area contributed by atoms with Crippen LogP contribution >= 0.6 is 0 Å². The molecule has 0 radical (unpaired) electrons. The minimum absolute atomic E-state index is 0.102. The van der Waals surface area contributed by atoms with Gasteiger partial charge in [0.05, 0.1) is 12.0 Å². The van der Waals surface area contributed by atoms with Crippen LogP contribution in [0.15, 0.2) is 41.3 Å². The summed E-state index contributed by atoms with van der Waals surface area (Å²) < 4.78 is 44.2. The van der Waals surface area contributed by atoms with Crippen LogP contribution in [0.1, 0.15) is 17.5 Å². The number of anilines is 1. The fourth-order valence-electron chi connectivity index (χ4n) is 2.44. The highest BCUT2D eigenvalue weighted by molar-refractivity contribution is 7.89. The van der Waals surface area contributed by atoms with Gasteiger partial charge in [0.1, 0.15) is 0 Å². The van der Waals surface area contributed by atoms with E-state index in [-0.39, 0.29) is 23.0 Å². The molecule has 0 spiro atoms. The molecule has 0 aliphatic carbocycles. The number of methoxy groups -OCH3 is 1. The molecule has 0 heterocycles. The lowest BCUT2D eigenvalue weighted by molar-refractivity contribution is -0.116. The van der Waals surface area contributed by atoms with Gasteiger partial charge in [0, 0.05) is 26.2 Å². The summed E-state index contributed by atoms with van der Waals surface area (Å²) in [7, 11) is 0.689. The summed E-state index contributed by atoms with van der Waals surface area (Å²) in [5, 5.41) is 2.73. The maximum atomic E-state index is 13.7. The van der Waals surface area contributed by atoms with Crippen molar-refractivity contribution in [2.75, 3.05) is 26.5 Å². The number of hydrogen-bond donors (Lipinski definition) is 1. The molecule has 8 heteroatoms. The van der Waals surface area contributed by atoms with E-state index in [0.717, 1.165) is 9.87 Å². The van der Waals surface area contributed by atoms with E-state index in [9.17, 15) is 17.6 Å². The second-order valence-electron chi connectivity index (χ2n) is 6.28.